The molecular formula is C18H13Cl2N3O2S. The summed E-state index contributed by atoms with van der Waals surface area (Å²) in [5.74, 6) is -0.317. The predicted molar refractivity (Wildman–Crippen MR) is 104 cm³/mol. The van der Waals surface area contributed by atoms with Gasteiger partial charge in [0.05, 0.1) is 10.1 Å². The summed E-state index contributed by atoms with van der Waals surface area (Å²) in [6.07, 6.45) is 1.64. The molecule has 0 aliphatic heterocycles. The number of aromatic nitrogens is 2. The Balaban J connectivity index is 1.69. The van der Waals surface area contributed by atoms with Crippen LogP contribution in [0.15, 0.2) is 48.5 Å². The lowest BCUT2D eigenvalue weighted by Gasteiger charge is -2.02. The lowest BCUT2D eigenvalue weighted by atomic mass is 10.2. The molecule has 0 aliphatic carbocycles. The van der Waals surface area contributed by atoms with E-state index < -0.39 is 0 Å². The van der Waals surface area contributed by atoms with Crippen LogP contribution in [0.1, 0.15) is 25.9 Å². The van der Waals surface area contributed by atoms with Crippen LogP contribution in [0.3, 0.4) is 0 Å². The molecule has 0 aliphatic rings. The van der Waals surface area contributed by atoms with Gasteiger partial charge in [-0.1, -0.05) is 70.9 Å². The molecule has 0 saturated carbocycles. The van der Waals surface area contributed by atoms with E-state index in [-0.39, 0.29) is 21.7 Å². The molecule has 3 rings (SSSR count). The van der Waals surface area contributed by atoms with E-state index in [0.29, 0.717) is 22.1 Å². The van der Waals surface area contributed by atoms with Gasteiger partial charge in [0, 0.05) is 6.54 Å². The Morgan fingerprint density at radius 2 is 1.88 bits per heavy atom. The van der Waals surface area contributed by atoms with Crippen LogP contribution >= 0.6 is 34.5 Å². The second-order valence-electron chi connectivity index (χ2n) is 5.28. The van der Waals surface area contributed by atoms with Gasteiger partial charge < -0.3 is 10.4 Å². The minimum atomic E-state index is -0.310. The van der Waals surface area contributed by atoms with E-state index in [1.807, 2.05) is 30.3 Å². The van der Waals surface area contributed by atoms with Gasteiger partial charge >= 0.3 is 0 Å². The minimum absolute atomic E-state index is 0.00627. The lowest BCUT2D eigenvalue weighted by molar-refractivity contribution is 0.0950. The van der Waals surface area contributed by atoms with Crippen LogP contribution in [0.25, 0.3) is 11.1 Å². The number of phenolic OH excluding ortho intramolecular Hbond substituents is 1. The van der Waals surface area contributed by atoms with Crippen LogP contribution in [0.2, 0.25) is 5.02 Å². The van der Waals surface area contributed by atoms with Crippen LogP contribution < -0.4 is 5.32 Å². The average molecular weight is 406 g/mol. The Hall–Kier alpha value is -2.41. The highest BCUT2D eigenvalue weighted by atomic mass is 35.5. The van der Waals surface area contributed by atoms with E-state index in [1.165, 1.54) is 6.07 Å². The van der Waals surface area contributed by atoms with E-state index in [4.69, 9.17) is 23.2 Å². The summed E-state index contributed by atoms with van der Waals surface area (Å²) in [5.41, 5.74) is 1.69. The zero-order valence-corrected chi connectivity index (χ0v) is 15.6. The number of nitrogens with zero attached hydrogens (tertiary/aromatic N) is 2. The minimum Gasteiger partial charge on any atom is -0.506 e. The second-order valence-corrected chi connectivity index (χ2v) is 7.08. The van der Waals surface area contributed by atoms with Gasteiger partial charge in [-0.3, -0.25) is 4.79 Å². The van der Waals surface area contributed by atoms with Crippen molar-refractivity contribution in [2.24, 2.45) is 0 Å². The molecule has 0 fully saturated rings. The number of phenols is 1. The summed E-state index contributed by atoms with van der Waals surface area (Å²) in [6.45, 7) is 0.407. The van der Waals surface area contributed by atoms with Gasteiger partial charge in [0.25, 0.3) is 5.91 Å². The van der Waals surface area contributed by atoms with Crippen molar-refractivity contribution in [1.82, 2.24) is 15.5 Å². The SMILES string of the molecule is O=C(NCc1ccccc1)c1nnc(/C(Cl)=C\c2ccc(O)c(Cl)c2)s1. The van der Waals surface area contributed by atoms with Gasteiger partial charge in [-0.15, -0.1) is 10.2 Å². The number of carbonyl (C=O) groups is 1. The maximum absolute atomic E-state index is 12.2. The zero-order valence-electron chi connectivity index (χ0n) is 13.3. The second kappa shape index (κ2) is 8.31. The highest BCUT2D eigenvalue weighted by Crippen LogP contribution is 2.29. The molecule has 0 radical (unpaired) electrons. The zero-order chi connectivity index (χ0) is 18.5. The molecule has 0 spiro atoms. The quantitative estimate of drug-likeness (QED) is 0.651. The first-order valence-electron chi connectivity index (χ1n) is 7.54. The van der Waals surface area contributed by atoms with E-state index in [2.05, 4.69) is 15.5 Å². The summed E-state index contributed by atoms with van der Waals surface area (Å²) in [5, 5.41) is 21.3. The van der Waals surface area contributed by atoms with Gasteiger partial charge in [0.2, 0.25) is 5.01 Å². The highest BCUT2D eigenvalue weighted by molar-refractivity contribution is 7.15. The van der Waals surface area contributed by atoms with Crippen LogP contribution in [0.4, 0.5) is 0 Å². The van der Waals surface area contributed by atoms with Crippen molar-refractivity contribution in [2.75, 3.05) is 0 Å². The Labute approximate surface area is 163 Å². The van der Waals surface area contributed by atoms with Crippen LogP contribution in [-0.2, 0) is 6.54 Å². The molecule has 1 aromatic heterocycles. The molecule has 0 atom stereocenters. The number of amides is 1. The summed E-state index contributed by atoms with van der Waals surface area (Å²) in [6, 6.07) is 14.3. The molecular weight excluding hydrogens is 393 g/mol. The fraction of sp³-hybridized carbons (Fsp3) is 0.0556. The maximum Gasteiger partial charge on any atom is 0.282 e. The van der Waals surface area contributed by atoms with E-state index >= 15 is 0 Å². The lowest BCUT2D eigenvalue weighted by Crippen LogP contribution is -2.22. The third-order valence-corrected chi connectivity index (χ3v) is 5.04. The molecule has 1 heterocycles. The van der Waals surface area contributed by atoms with Crippen LogP contribution in [0, 0.1) is 0 Å². The fourth-order valence-electron chi connectivity index (χ4n) is 2.09. The Bertz CT molecular complexity index is 958. The monoisotopic (exact) mass is 405 g/mol. The molecule has 2 N–H and O–H groups in total. The number of benzene rings is 2. The number of nitrogens with one attached hydrogen (secondary N) is 1. The number of rotatable bonds is 5. The van der Waals surface area contributed by atoms with E-state index in [9.17, 15) is 9.90 Å². The van der Waals surface area contributed by atoms with Crippen LogP contribution in [0.5, 0.6) is 5.75 Å². The molecule has 0 bridgehead atoms. The number of aromatic hydroxyl groups is 1. The molecule has 8 heteroatoms. The normalized spacial score (nSPS) is 11.4. The van der Waals surface area contributed by atoms with Crippen molar-refractivity contribution < 1.29 is 9.90 Å². The van der Waals surface area contributed by atoms with Crippen molar-refractivity contribution in [2.45, 2.75) is 6.54 Å². The van der Waals surface area contributed by atoms with Crippen molar-refractivity contribution in [3.8, 4) is 5.75 Å². The van der Waals surface area contributed by atoms with E-state index in [0.717, 1.165) is 16.9 Å². The average Bonchev–Trinajstić information content (AvgIpc) is 3.14. The number of carbonyl (C=O) groups excluding carboxylic acids is 1. The predicted octanol–water partition coefficient (Wildman–Crippen LogP) is 4.56. The third kappa shape index (κ3) is 4.60. The van der Waals surface area contributed by atoms with Gasteiger partial charge in [0.1, 0.15) is 5.75 Å². The van der Waals surface area contributed by atoms with Gasteiger partial charge in [0.15, 0.2) is 5.01 Å². The topological polar surface area (TPSA) is 75.1 Å². The molecule has 0 unspecified atom stereocenters. The van der Waals surface area contributed by atoms with E-state index in [1.54, 1.807) is 18.2 Å². The third-order valence-electron chi connectivity index (χ3n) is 3.38. The van der Waals surface area contributed by atoms with Crippen molar-refractivity contribution in [3.63, 3.8) is 0 Å². The number of hydrogen-bond acceptors (Lipinski definition) is 5. The van der Waals surface area contributed by atoms with Crippen molar-refractivity contribution in [3.05, 3.63) is 74.7 Å². The fourth-order valence-corrected chi connectivity index (χ4v) is 3.22. The summed E-state index contributed by atoms with van der Waals surface area (Å²) >= 11 is 13.2. The molecule has 3 aromatic rings. The number of halogens is 2. The largest absolute Gasteiger partial charge is 0.506 e. The van der Waals surface area contributed by atoms with Crippen molar-refractivity contribution >= 4 is 51.6 Å². The molecule has 26 heavy (non-hydrogen) atoms. The highest BCUT2D eigenvalue weighted by Gasteiger charge is 2.14. The first-order chi connectivity index (χ1) is 12.5. The Morgan fingerprint density at radius 1 is 1.15 bits per heavy atom. The van der Waals surface area contributed by atoms with Crippen molar-refractivity contribution in [1.29, 1.82) is 0 Å². The van der Waals surface area contributed by atoms with Crippen LogP contribution in [-0.4, -0.2) is 21.2 Å². The Morgan fingerprint density at radius 3 is 2.62 bits per heavy atom. The van der Waals surface area contributed by atoms with Gasteiger partial charge in [-0.05, 0) is 29.3 Å². The first kappa shape index (κ1) is 18.4. The summed E-state index contributed by atoms with van der Waals surface area (Å²) in [7, 11) is 0. The Kier molecular flexibility index (Phi) is 5.88. The molecule has 0 saturated heterocycles. The molecule has 132 valence electrons. The first-order valence-corrected chi connectivity index (χ1v) is 9.12. The smallest absolute Gasteiger partial charge is 0.282 e. The van der Waals surface area contributed by atoms with Gasteiger partial charge in [-0.25, -0.2) is 0 Å². The maximum atomic E-state index is 12.2. The standard InChI is InChI=1S/C18H13Cl2N3O2S/c19-13-8-12(6-7-15(13)24)9-14(20)17-22-23-18(26-17)16(25)21-10-11-4-2-1-3-5-11/h1-9,24H,10H2,(H,21,25)/b14-9+. The molecule has 1 amide bonds. The number of hydrogen-bond donors (Lipinski definition) is 2. The molecule has 2 aromatic carbocycles. The van der Waals surface area contributed by atoms with Gasteiger partial charge in [-0.2, -0.15) is 0 Å². The summed E-state index contributed by atoms with van der Waals surface area (Å²) in [4.78, 5) is 12.2. The summed E-state index contributed by atoms with van der Waals surface area (Å²) < 4.78 is 0. The molecule has 5 nitrogen and oxygen atoms in total.